The third kappa shape index (κ3) is 4.16. The van der Waals surface area contributed by atoms with Gasteiger partial charge in [-0.3, -0.25) is 23.5 Å². The van der Waals surface area contributed by atoms with Crippen LogP contribution in [0, 0.1) is 6.92 Å². The van der Waals surface area contributed by atoms with Gasteiger partial charge in [0.25, 0.3) is 5.56 Å². The number of hydrogen-bond acceptors (Lipinski definition) is 5. The van der Waals surface area contributed by atoms with Gasteiger partial charge in [-0.1, -0.05) is 23.8 Å². The van der Waals surface area contributed by atoms with Crippen LogP contribution in [0.15, 0.2) is 46.1 Å². The first kappa shape index (κ1) is 21.0. The van der Waals surface area contributed by atoms with Crippen LogP contribution in [0.25, 0.3) is 0 Å². The molecule has 1 aliphatic rings. The highest BCUT2D eigenvalue weighted by atomic mass is 32.1. The monoisotopic (exact) mass is 437 g/mol. The maximum atomic E-state index is 13.4. The number of fused-ring (bicyclic) bond motifs is 1. The molecular formula is C23H23N3O4S. The minimum absolute atomic E-state index is 0.0994. The number of thiophene rings is 1. The van der Waals surface area contributed by atoms with Crippen molar-refractivity contribution >= 4 is 28.0 Å². The summed E-state index contributed by atoms with van der Waals surface area (Å²) in [6, 6.07) is 8.67. The number of benzene rings is 1. The average molecular weight is 438 g/mol. The number of nitrogens with one attached hydrogen (secondary N) is 1. The van der Waals surface area contributed by atoms with Crippen molar-refractivity contribution in [2.45, 2.75) is 39.2 Å². The molecule has 1 aromatic carbocycles. The van der Waals surface area contributed by atoms with Crippen LogP contribution in [0.2, 0.25) is 0 Å². The minimum atomic E-state index is -0.566. The Balaban J connectivity index is 1.67. The van der Waals surface area contributed by atoms with Gasteiger partial charge in [0.1, 0.15) is 11.5 Å². The van der Waals surface area contributed by atoms with Crippen molar-refractivity contribution in [3.05, 3.63) is 84.5 Å². The predicted octanol–water partition coefficient (Wildman–Crippen LogP) is 2.67. The highest BCUT2D eigenvalue weighted by molar-refractivity contribution is 7.17. The van der Waals surface area contributed by atoms with E-state index in [0.29, 0.717) is 16.1 Å². The van der Waals surface area contributed by atoms with Crippen molar-refractivity contribution in [1.29, 1.82) is 0 Å². The molecule has 0 aliphatic heterocycles. The van der Waals surface area contributed by atoms with Gasteiger partial charge in [0.15, 0.2) is 5.78 Å². The van der Waals surface area contributed by atoms with Crippen molar-refractivity contribution in [2.75, 3.05) is 5.32 Å². The zero-order valence-corrected chi connectivity index (χ0v) is 18.3. The summed E-state index contributed by atoms with van der Waals surface area (Å²) in [6.45, 7) is 1.70. The lowest BCUT2D eigenvalue weighted by Crippen LogP contribution is -2.39. The lowest BCUT2D eigenvalue weighted by atomic mass is 9.91. The molecule has 0 fully saturated rings. The standard InChI is InChI=1S/C23H23N3O4S/c1-14-6-5-7-15(12-14)21(29)20-16-8-3-4-9-17(16)31-22(20)24-18(27)13-26-11-10-19(28)25(2)23(26)30/h5-7,10-12H,3-4,8-9,13H2,1-2H3,(H,24,27). The molecule has 0 saturated carbocycles. The molecule has 2 heterocycles. The fraction of sp³-hybridized carbons (Fsp3) is 0.304. The molecule has 1 aliphatic carbocycles. The summed E-state index contributed by atoms with van der Waals surface area (Å²) < 4.78 is 2.12. The molecule has 0 bridgehead atoms. The number of amides is 1. The fourth-order valence-electron chi connectivity index (χ4n) is 3.88. The van der Waals surface area contributed by atoms with Gasteiger partial charge in [-0.05, 0) is 44.2 Å². The third-order valence-corrected chi connectivity index (χ3v) is 6.71. The van der Waals surface area contributed by atoms with E-state index in [2.05, 4.69) is 5.32 Å². The average Bonchev–Trinajstić information content (AvgIpc) is 3.11. The molecule has 8 heteroatoms. The highest BCUT2D eigenvalue weighted by Gasteiger charge is 2.27. The summed E-state index contributed by atoms with van der Waals surface area (Å²) in [7, 11) is 1.37. The van der Waals surface area contributed by atoms with E-state index < -0.39 is 17.2 Å². The summed E-state index contributed by atoms with van der Waals surface area (Å²) in [6.07, 6.45) is 5.09. The molecule has 1 amide bonds. The zero-order valence-electron chi connectivity index (χ0n) is 17.4. The summed E-state index contributed by atoms with van der Waals surface area (Å²) in [5, 5.41) is 3.38. The van der Waals surface area contributed by atoms with Gasteiger partial charge in [0.05, 0.1) is 5.56 Å². The van der Waals surface area contributed by atoms with Crippen molar-refractivity contribution in [3.8, 4) is 0 Å². The van der Waals surface area contributed by atoms with E-state index in [0.717, 1.165) is 46.3 Å². The lowest BCUT2D eigenvalue weighted by Gasteiger charge is -2.13. The van der Waals surface area contributed by atoms with E-state index in [1.54, 1.807) is 6.07 Å². The Bertz CT molecular complexity index is 1300. The maximum Gasteiger partial charge on any atom is 0.331 e. The number of carbonyl (C=O) groups excluding carboxylic acids is 2. The van der Waals surface area contributed by atoms with Crippen molar-refractivity contribution in [1.82, 2.24) is 9.13 Å². The van der Waals surface area contributed by atoms with Gasteiger partial charge < -0.3 is 5.32 Å². The molecule has 3 aromatic rings. The molecule has 0 unspecified atom stereocenters. The Hall–Kier alpha value is -3.26. The van der Waals surface area contributed by atoms with Gasteiger partial charge >= 0.3 is 5.69 Å². The van der Waals surface area contributed by atoms with Crippen LogP contribution in [-0.2, 0) is 31.2 Å². The molecular weight excluding hydrogens is 414 g/mol. The number of rotatable bonds is 5. The summed E-state index contributed by atoms with van der Waals surface area (Å²) in [5.74, 6) is -0.518. The molecule has 1 N–H and O–H groups in total. The molecule has 7 nitrogen and oxygen atoms in total. The van der Waals surface area contributed by atoms with Gasteiger partial charge in [0, 0.05) is 29.8 Å². The number of aryl methyl sites for hydroxylation is 2. The van der Waals surface area contributed by atoms with E-state index in [-0.39, 0.29) is 12.3 Å². The van der Waals surface area contributed by atoms with Gasteiger partial charge in [-0.15, -0.1) is 11.3 Å². The van der Waals surface area contributed by atoms with Crippen LogP contribution in [0.1, 0.15) is 44.8 Å². The van der Waals surface area contributed by atoms with E-state index in [9.17, 15) is 19.2 Å². The molecule has 2 aromatic heterocycles. The second kappa shape index (κ2) is 8.47. The Morgan fingerprint density at radius 2 is 1.90 bits per heavy atom. The van der Waals surface area contributed by atoms with Gasteiger partial charge in [-0.25, -0.2) is 4.79 Å². The maximum absolute atomic E-state index is 13.4. The molecule has 0 radical (unpaired) electrons. The normalized spacial score (nSPS) is 13.0. The third-order valence-electron chi connectivity index (χ3n) is 5.51. The number of ketones is 1. The van der Waals surface area contributed by atoms with Crippen LogP contribution in [-0.4, -0.2) is 20.8 Å². The van der Waals surface area contributed by atoms with Crippen LogP contribution in [0.3, 0.4) is 0 Å². The minimum Gasteiger partial charge on any atom is -0.316 e. The van der Waals surface area contributed by atoms with Crippen molar-refractivity contribution in [2.24, 2.45) is 7.05 Å². The number of anilines is 1. The SMILES string of the molecule is Cc1cccc(C(=O)c2c(NC(=O)Cn3ccc(=O)n(C)c3=O)sc3c2CCCC3)c1. The molecule has 4 rings (SSSR count). The number of nitrogens with zero attached hydrogens (tertiary/aromatic N) is 2. The second-order valence-corrected chi connectivity index (χ2v) is 8.89. The number of aromatic nitrogens is 2. The van der Waals surface area contributed by atoms with E-state index in [4.69, 9.17) is 0 Å². The van der Waals surface area contributed by atoms with E-state index in [1.807, 2.05) is 25.1 Å². The lowest BCUT2D eigenvalue weighted by molar-refractivity contribution is -0.116. The molecule has 0 spiro atoms. The van der Waals surface area contributed by atoms with Crippen molar-refractivity contribution in [3.63, 3.8) is 0 Å². The fourth-order valence-corrected chi connectivity index (χ4v) is 5.19. The Morgan fingerprint density at radius 1 is 1.13 bits per heavy atom. The molecule has 160 valence electrons. The predicted molar refractivity (Wildman–Crippen MR) is 120 cm³/mol. The largest absolute Gasteiger partial charge is 0.331 e. The van der Waals surface area contributed by atoms with Gasteiger partial charge in [-0.2, -0.15) is 0 Å². The quantitative estimate of drug-likeness (QED) is 0.622. The Labute approximate surface area is 183 Å². The first-order chi connectivity index (χ1) is 14.8. The van der Waals surface area contributed by atoms with E-state index >= 15 is 0 Å². The first-order valence-corrected chi connectivity index (χ1v) is 11.0. The molecule has 0 saturated heterocycles. The van der Waals surface area contributed by atoms with Crippen LogP contribution in [0.4, 0.5) is 5.00 Å². The molecule has 31 heavy (non-hydrogen) atoms. The topological polar surface area (TPSA) is 90.2 Å². The Morgan fingerprint density at radius 3 is 2.68 bits per heavy atom. The van der Waals surface area contributed by atoms with Gasteiger partial charge in [0.2, 0.25) is 5.91 Å². The van der Waals surface area contributed by atoms with Crippen molar-refractivity contribution < 1.29 is 9.59 Å². The second-order valence-electron chi connectivity index (χ2n) is 7.79. The highest BCUT2D eigenvalue weighted by Crippen LogP contribution is 2.39. The Kier molecular flexibility index (Phi) is 5.73. The smallest absolute Gasteiger partial charge is 0.316 e. The number of carbonyl (C=O) groups is 2. The van der Waals surface area contributed by atoms with Crippen LogP contribution in [0.5, 0.6) is 0 Å². The summed E-state index contributed by atoms with van der Waals surface area (Å²) >= 11 is 1.44. The zero-order chi connectivity index (χ0) is 22.1. The summed E-state index contributed by atoms with van der Waals surface area (Å²) in [4.78, 5) is 51.1. The molecule has 0 atom stereocenters. The summed E-state index contributed by atoms with van der Waals surface area (Å²) in [5.41, 5.74) is 2.18. The first-order valence-electron chi connectivity index (χ1n) is 10.2. The van der Waals surface area contributed by atoms with Crippen LogP contribution < -0.4 is 16.6 Å². The number of hydrogen-bond donors (Lipinski definition) is 1. The van der Waals surface area contributed by atoms with Crippen LogP contribution >= 0.6 is 11.3 Å². The van der Waals surface area contributed by atoms with E-state index in [1.165, 1.54) is 35.2 Å².